The van der Waals surface area contributed by atoms with Gasteiger partial charge in [0.15, 0.2) is 0 Å². The molecule has 5 heteroatoms. The quantitative estimate of drug-likeness (QED) is 0.548. The van der Waals surface area contributed by atoms with E-state index in [1.165, 1.54) is 7.14 Å². The fraction of sp³-hybridized carbons (Fsp3) is 0. The zero-order valence-corrected chi connectivity index (χ0v) is 10.7. The molecule has 0 atom stereocenters. The van der Waals surface area contributed by atoms with Crippen LogP contribution in [0.4, 0.5) is 0 Å². The van der Waals surface area contributed by atoms with Crippen molar-refractivity contribution in [1.29, 1.82) is 0 Å². The van der Waals surface area contributed by atoms with Crippen molar-refractivity contribution in [2.24, 2.45) is 0 Å². The average Bonchev–Trinajstić information content (AvgIpc) is 1.83. The summed E-state index contributed by atoms with van der Waals surface area (Å²) in [6, 6.07) is 0. The van der Waals surface area contributed by atoms with Gasteiger partial charge in [-0.05, 0) is 0 Å². The van der Waals surface area contributed by atoms with Crippen molar-refractivity contribution in [2.45, 2.75) is 0 Å². The number of hydrogen-bond acceptors (Lipinski definition) is 1. The van der Waals surface area contributed by atoms with Crippen LogP contribution in [0.15, 0.2) is 5.96 Å². The SMILES string of the molecule is Ic1cbnc(I)c1I. The molecule has 0 fully saturated rings. The Labute approximate surface area is 95.1 Å². The number of aromatic nitrogens is 1. The molecular weight excluding hydrogens is 454 g/mol. The van der Waals surface area contributed by atoms with Gasteiger partial charge in [0, 0.05) is 0 Å². The molecule has 0 saturated heterocycles. The van der Waals surface area contributed by atoms with Crippen LogP contribution in [-0.4, -0.2) is 11.9 Å². The maximum absolute atomic E-state index is 4.11. The van der Waals surface area contributed by atoms with Gasteiger partial charge >= 0.3 is 96.5 Å². The summed E-state index contributed by atoms with van der Waals surface area (Å²) >= 11 is 6.82. The Morgan fingerprint density at radius 1 is 1.33 bits per heavy atom. The molecule has 1 nitrogen and oxygen atoms in total. The number of hydrogen-bond donors (Lipinski definition) is 0. The van der Waals surface area contributed by atoms with E-state index in [0.29, 0.717) is 0 Å². The van der Waals surface area contributed by atoms with Gasteiger partial charge in [-0.3, -0.25) is 0 Å². The second-order valence-corrected chi connectivity index (χ2v) is 4.66. The summed E-state index contributed by atoms with van der Waals surface area (Å²) in [5.41, 5.74) is 0. The summed E-state index contributed by atoms with van der Waals surface area (Å²) < 4.78 is 3.60. The van der Waals surface area contributed by atoms with Crippen LogP contribution in [-0.2, 0) is 0 Å². The van der Waals surface area contributed by atoms with Crippen LogP contribution in [0.2, 0.25) is 0 Å². The van der Waals surface area contributed by atoms with E-state index in [0.717, 1.165) is 3.70 Å². The summed E-state index contributed by atoms with van der Waals surface area (Å²) in [4.78, 5) is 4.11. The summed E-state index contributed by atoms with van der Waals surface area (Å²) in [6.45, 7) is 0. The molecule has 0 amide bonds. The van der Waals surface area contributed by atoms with Gasteiger partial charge in [-0.2, -0.15) is 0 Å². The minimum absolute atomic E-state index is 1.08. The van der Waals surface area contributed by atoms with E-state index in [4.69, 9.17) is 0 Å². The van der Waals surface area contributed by atoms with Crippen molar-refractivity contribution in [3.05, 3.63) is 16.8 Å². The monoisotopic (exact) mass is 455 g/mol. The van der Waals surface area contributed by atoms with Crippen molar-refractivity contribution >= 4 is 74.8 Å². The fourth-order valence-electron chi connectivity index (χ4n) is 0.397. The minimum atomic E-state index is 1.08. The van der Waals surface area contributed by atoms with Gasteiger partial charge in [-0.15, -0.1) is 0 Å². The molecular formula is C4HBI3N. The molecule has 0 N–H and O–H groups in total. The normalized spacial score (nSPS) is 9.22. The van der Waals surface area contributed by atoms with Gasteiger partial charge in [-0.1, -0.05) is 0 Å². The molecule has 0 unspecified atom stereocenters. The summed E-state index contributed by atoms with van der Waals surface area (Å²) in [5, 5.41) is 0. The Balaban J connectivity index is 3.25. The first kappa shape index (κ1) is 8.63. The summed E-state index contributed by atoms with van der Waals surface area (Å²) in [5.74, 6) is 2.00. The van der Waals surface area contributed by atoms with Crippen LogP contribution >= 0.6 is 67.8 Å². The van der Waals surface area contributed by atoms with Crippen molar-refractivity contribution in [3.8, 4) is 0 Å². The van der Waals surface area contributed by atoms with E-state index < -0.39 is 0 Å². The van der Waals surface area contributed by atoms with Crippen molar-refractivity contribution in [2.75, 3.05) is 0 Å². The molecule has 1 rings (SSSR count). The third-order valence-corrected chi connectivity index (χ3v) is 5.67. The van der Waals surface area contributed by atoms with Gasteiger partial charge in [0.1, 0.15) is 0 Å². The first-order valence-corrected chi connectivity index (χ1v) is 5.41. The van der Waals surface area contributed by atoms with Crippen LogP contribution in [0, 0.1) is 10.8 Å². The molecule has 0 saturated carbocycles. The van der Waals surface area contributed by atoms with Crippen LogP contribution in [0.1, 0.15) is 0 Å². The maximum atomic E-state index is 4.11. The Kier molecular flexibility index (Phi) is 3.64. The van der Waals surface area contributed by atoms with E-state index in [-0.39, 0.29) is 0 Å². The molecule has 1 heterocycles. The van der Waals surface area contributed by atoms with E-state index in [1.807, 2.05) is 13.0 Å². The van der Waals surface area contributed by atoms with Gasteiger partial charge in [0.2, 0.25) is 0 Å². The Hall–Kier alpha value is 1.53. The molecule has 0 aliphatic rings. The predicted octanol–water partition coefficient (Wildman–Crippen LogP) is 2.23. The predicted molar refractivity (Wildman–Crippen MR) is 63.7 cm³/mol. The topological polar surface area (TPSA) is 12.9 Å². The van der Waals surface area contributed by atoms with Crippen LogP contribution in [0.5, 0.6) is 0 Å². The molecule has 0 radical (unpaired) electrons. The molecule has 9 heavy (non-hydrogen) atoms. The van der Waals surface area contributed by atoms with E-state index >= 15 is 0 Å². The van der Waals surface area contributed by atoms with Crippen molar-refractivity contribution in [1.82, 2.24) is 4.89 Å². The molecule has 0 bridgehead atoms. The van der Waals surface area contributed by atoms with Crippen molar-refractivity contribution < 1.29 is 0 Å². The Morgan fingerprint density at radius 2 is 2.00 bits per heavy atom. The molecule has 0 aliphatic carbocycles. The van der Waals surface area contributed by atoms with Crippen LogP contribution < -0.4 is 0 Å². The zero-order valence-electron chi connectivity index (χ0n) is 4.24. The zero-order chi connectivity index (χ0) is 6.85. The molecule has 46 valence electrons. The van der Waals surface area contributed by atoms with Gasteiger partial charge < -0.3 is 0 Å². The van der Waals surface area contributed by atoms with Gasteiger partial charge in [0.05, 0.1) is 0 Å². The fourth-order valence-corrected chi connectivity index (χ4v) is 2.10. The van der Waals surface area contributed by atoms with E-state index in [9.17, 15) is 0 Å². The third kappa shape index (κ3) is 2.24. The van der Waals surface area contributed by atoms with Gasteiger partial charge in [0.25, 0.3) is 0 Å². The number of halogens is 3. The summed E-state index contributed by atoms with van der Waals surface area (Å²) in [6.07, 6.45) is 0. The second-order valence-electron chi connectivity index (χ2n) is 1.40. The molecule has 1 aromatic heterocycles. The number of nitrogens with zero attached hydrogens (tertiary/aromatic N) is 1. The van der Waals surface area contributed by atoms with Crippen LogP contribution in [0.3, 0.4) is 0 Å². The second kappa shape index (κ2) is 3.79. The standard InChI is InChI=1S/C4HBI3N/c6-2-1-5-9-4(8)3(2)7/h1H. The molecule has 0 spiro atoms. The Morgan fingerprint density at radius 3 is 2.44 bits per heavy atom. The van der Waals surface area contributed by atoms with Crippen molar-refractivity contribution in [3.63, 3.8) is 0 Å². The molecule has 1 aromatic rings. The number of rotatable bonds is 0. The first-order valence-electron chi connectivity index (χ1n) is 2.17. The van der Waals surface area contributed by atoms with Gasteiger partial charge in [-0.25, -0.2) is 0 Å². The van der Waals surface area contributed by atoms with E-state index in [1.54, 1.807) is 0 Å². The Bertz CT molecular complexity index is 207. The third-order valence-electron chi connectivity index (χ3n) is 0.800. The molecule has 0 aromatic carbocycles. The van der Waals surface area contributed by atoms with Crippen LogP contribution in [0.25, 0.3) is 0 Å². The summed E-state index contributed by atoms with van der Waals surface area (Å²) in [7, 11) is 1.83. The van der Waals surface area contributed by atoms with E-state index in [2.05, 4.69) is 72.7 Å². The average molecular weight is 455 g/mol. The molecule has 0 aliphatic heterocycles. The first-order chi connectivity index (χ1) is 4.22.